The highest BCUT2D eigenvalue weighted by molar-refractivity contribution is 9.10. The van der Waals surface area contributed by atoms with Crippen LogP contribution in [-0.2, 0) is 6.42 Å². The van der Waals surface area contributed by atoms with Crippen LogP contribution < -0.4 is 11.3 Å². The van der Waals surface area contributed by atoms with E-state index in [1.807, 2.05) is 6.07 Å². The number of nitrogens with one attached hydrogen (secondary N) is 1. The second kappa shape index (κ2) is 6.56. The molecule has 1 aromatic heterocycles. The lowest BCUT2D eigenvalue weighted by molar-refractivity contribution is 0.508. The van der Waals surface area contributed by atoms with Crippen molar-refractivity contribution in [1.82, 2.24) is 10.4 Å². The van der Waals surface area contributed by atoms with Gasteiger partial charge in [0.15, 0.2) is 0 Å². The summed E-state index contributed by atoms with van der Waals surface area (Å²) in [7, 11) is 0. The van der Waals surface area contributed by atoms with Crippen LogP contribution in [0.15, 0.2) is 45.6 Å². The lowest BCUT2D eigenvalue weighted by Gasteiger charge is -2.18. The van der Waals surface area contributed by atoms with Gasteiger partial charge in [0.05, 0.1) is 6.04 Å². The average Bonchev–Trinajstić information content (AvgIpc) is 2.37. The highest BCUT2D eigenvalue weighted by Crippen LogP contribution is 2.28. The van der Waals surface area contributed by atoms with Crippen molar-refractivity contribution in [2.45, 2.75) is 12.5 Å². The fourth-order valence-electron chi connectivity index (χ4n) is 1.89. The number of nitrogens with zero attached hydrogens (tertiary/aromatic N) is 1. The van der Waals surface area contributed by atoms with E-state index in [0.717, 1.165) is 10.0 Å². The van der Waals surface area contributed by atoms with Gasteiger partial charge in [-0.3, -0.25) is 16.3 Å². The predicted octanol–water partition coefficient (Wildman–Crippen LogP) is 3.49. The Morgan fingerprint density at radius 3 is 2.74 bits per heavy atom. The van der Waals surface area contributed by atoms with E-state index >= 15 is 0 Å². The summed E-state index contributed by atoms with van der Waals surface area (Å²) in [4.78, 5) is 4.09. The minimum absolute atomic E-state index is 0.291. The van der Waals surface area contributed by atoms with E-state index in [1.54, 1.807) is 24.5 Å². The molecule has 3 nitrogen and oxygen atoms in total. The fourth-order valence-corrected chi connectivity index (χ4v) is 2.92. The van der Waals surface area contributed by atoms with Crippen molar-refractivity contribution >= 4 is 31.9 Å². The molecule has 0 radical (unpaired) electrons. The SMILES string of the molecule is NNC(Cc1cncc(Br)c1)c1c(F)cccc1Br. The molecule has 100 valence electrons. The third kappa shape index (κ3) is 3.60. The van der Waals surface area contributed by atoms with Crippen LogP contribution in [0, 0.1) is 5.82 Å². The molecule has 2 aromatic rings. The number of aromatic nitrogens is 1. The second-order valence-electron chi connectivity index (χ2n) is 4.07. The topological polar surface area (TPSA) is 50.9 Å². The van der Waals surface area contributed by atoms with Gasteiger partial charge in [0.1, 0.15) is 5.82 Å². The molecule has 1 unspecified atom stereocenters. The van der Waals surface area contributed by atoms with E-state index in [0.29, 0.717) is 16.5 Å². The minimum Gasteiger partial charge on any atom is -0.271 e. The van der Waals surface area contributed by atoms with Crippen LogP contribution in [0.5, 0.6) is 0 Å². The molecule has 1 heterocycles. The smallest absolute Gasteiger partial charge is 0.129 e. The first-order valence-corrected chi connectivity index (χ1v) is 7.20. The summed E-state index contributed by atoms with van der Waals surface area (Å²) in [6.07, 6.45) is 3.99. The first-order chi connectivity index (χ1) is 9.11. The molecule has 1 atom stereocenters. The number of rotatable bonds is 4. The van der Waals surface area contributed by atoms with E-state index in [1.165, 1.54) is 6.07 Å². The van der Waals surface area contributed by atoms with Crippen molar-refractivity contribution in [3.63, 3.8) is 0 Å². The molecule has 0 amide bonds. The van der Waals surface area contributed by atoms with Gasteiger partial charge in [-0.2, -0.15) is 0 Å². The van der Waals surface area contributed by atoms with Crippen LogP contribution in [0.4, 0.5) is 4.39 Å². The van der Waals surface area contributed by atoms with Gasteiger partial charge >= 0.3 is 0 Å². The highest BCUT2D eigenvalue weighted by atomic mass is 79.9. The Hall–Kier alpha value is -0.820. The quantitative estimate of drug-likeness (QED) is 0.622. The molecule has 19 heavy (non-hydrogen) atoms. The minimum atomic E-state index is -0.327. The second-order valence-corrected chi connectivity index (χ2v) is 5.84. The molecule has 0 saturated carbocycles. The number of hydrogen-bond acceptors (Lipinski definition) is 3. The number of hydrogen-bond donors (Lipinski definition) is 2. The summed E-state index contributed by atoms with van der Waals surface area (Å²) in [5.41, 5.74) is 4.14. The summed E-state index contributed by atoms with van der Waals surface area (Å²) < 4.78 is 15.5. The zero-order valence-corrected chi connectivity index (χ0v) is 13.1. The van der Waals surface area contributed by atoms with Gasteiger partial charge < -0.3 is 0 Å². The molecule has 0 aliphatic heterocycles. The van der Waals surface area contributed by atoms with Crippen molar-refractivity contribution in [2.24, 2.45) is 5.84 Å². The van der Waals surface area contributed by atoms with Gasteiger partial charge in [-0.1, -0.05) is 22.0 Å². The van der Waals surface area contributed by atoms with Gasteiger partial charge in [0.25, 0.3) is 0 Å². The van der Waals surface area contributed by atoms with E-state index in [-0.39, 0.29) is 11.9 Å². The van der Waals surface area contributed by atoms with Gasteiger partial charge in [0.2, 0.25) is 0 Å². The molecule has 2 rings (SSSR count). The Morgan fingerprint density at radius 1 is 1.32 bits per heavy atom. The Kier molecular flexibility index (Phi) is 5.04. The largest absolute Gasteiger partial charge is 0.271 e. The highest BCUT2D eigenvalue weighted by Gasteiger charge is 2.18. The van der Waals surface area contributed by atoms with Crippen LogP contribution in [0.1, 0.15) is 17.2 Å². The Labute approximate surface area is 127 Å². The van der Waals surface area contributed by atoms with Gasteiger partial charge in [0, 0.05) is 26.9 Å². The van der Waals surface area contributed by atoms with Crippen LogP contribution in [0.2, 0.25) is 0 Å². The molecule has 1 aromatic carbocycles. The molecule has 0 spiro atoms. The van der Waals surface area contributed by atoms with E-state index in [9.17, 15) is 4.39 Å². The zero-order chi connectivity index (χ0) is 13.8. The van der Waals surface area contributed by atoms with Crippen molar-refractivity contribution in [1.29, 1.82) is 0 Å². The molecular weight excluding hydrogens is 377 g/mol. The lowest BCUT2D eigenvalue weighted by Crippen LogP contribution is -2.30. The summed E-state index contributed by atoms with van der Waals surface area (Å²) in [6, 6.07) is 6.47. The third-order valence-electron chi connectivity index (χ3n) is 2.75. The Bertz CT molecular complexity index is 557. The monoisotopic (exact) mass is 387 g/mol. The molecule has 6 heteroatoms. The first kappa shape index (κ1) is 14.6. The number of hydrazine groups is 1. The lowest BCUT2D eigenvalue weighted by atomic mass is 10.00. The summed E-state index contributed by atoms with van der Waals surface area (Å²) in [6.45, 7) is 0. The first-order valence-electron chi connectivity index (χ1n) is 5.61. The maximum atomic E-state index is 13.9. The van der Waals surface area contributed by atoms with Crippen LogP contribution in [0.3, 0.4) is 0 Å². The van der Waals surface area contributed by atoms with Crippen molar-refractivity contribution in [3.8, 4) is 0 Å². The zero-order valence-electron chi connectivity index (χ0n) is 9.91. The van der Waals surface area contributed by atoms with Crippen LogP contribution in [-0.4, -0.2) is 4.98 Å². The molecule has 0 bridgehead atoms. The normalized spacial score (nSPS) is 12.4. The van der Waals surface area contributed by atoms with Gasteiger partial charge in [-0.15, -0.1) is 0 Å². The Balaban J connectivity index is 2.30. The van der Waals surface area contributed by atoms with Crippen LogP contribution >= 0.6 is 31.9 Å². The van der Waals surface area contributed by atoms with E-state index in [2.05, 4.69) is 42.3 Å². The molecule has 0 fully saturated rings. The molecule has 3 N–H and O–H groups in total. The van der Waals surface area contributed by atoms with Crippen molar-refractivity contribution in [2.75, 3.05) is 0 Å². The molecule has 0 aliphatic carbocycles. The van der Waals surface area contributed by atoms with Gasteiger partial charge in [-0.25, -0.2) is 4.39 Å². The van der Waals surface area contributed by atoms with Crippen molar-refractivity contribution in [3.05, 3.63) is 62.5 Å². The summed E-state index contributed by atoms with van der Waals surface area (Å²) >= 11 is 6.72. The average molecular weight is 389 g/mol. The number of pyridine rings is 1. The number of halogens is 3. The maximum Gasteiger partial charge on any atom is 0.129 e. The molecule has 0 aliphatic rings. The standard InChI is InChI=1S/C13H12Br2FN3/c14-9-4-8(6-18-7-9)5-12(19-17)13-10(15)2-1-3-11(13)16/h1-4,6-7,12,19H,5,17H2. The molecule has 0 saturated heterocycles. The van der Waals surface area contributed by atoms with Crippen LogP contribution in [0.25, 0.3) is 0 Å². The van der Waals surface area contributed by atoms with Gasteiger partial charge in [-0.05, 0) is 46.1 Å². The maximum absolute atomic E-state index is 13.9. The number of nitrogens with two attached hydrogens (primary N) is 1. The summed E-state index contributed by atoms with van der Waals surface area (Å²) in [5.74, 6) is 5.27. The van der Waals surface area contributed by atoms with Crippen molar-refractivity contribution < 1.29 is 4.39 Å². The summed E-state index contributed by atoms with van der Waals surface area (Å²) in [5, 5.41) is 0. The molecular formula is C13H12Br2FN3. The van der Waals surface area contributed by atoms with E-state index in [4.69, 9.17) is 5.84 Å². The fraction of sp³-hybridized carbons (Fsp3) is 0.154. The Morgan fingerprint density at radius 2 is 2.11 bits per heavy atom. The predicted molar refractivity (Wildman–Crippen MR) is 79.8 cm³/mol. The number of benzene rings is 1. The third-order valence-corrected chi connectivity index (χ3v) is 3.88. The van der Waals surface area contributed by atoms with E-state index < -0.39 is 0 Å².